The van der Waals surface area contributed by atoms with Gasteiger partial charge in [0.15, 0.2) is 17.0 Å². The summed E-state index contributed by atoms with van der Waals surface area (Å²) in [6.45, 7) is 5.08. The molecule has 120 valence electrons. The van der Waals surface area contributed by atoms with Crippen molar-refractivity contribution in [2.75, 3.05) is 17.2 Å². The fourth-order valence-corrected chi connectivity index (χ4v) is 2.45. The Bertz CT molecular complexity index is 780. The summed E-state index contributed by atoms with van der Waals surface area (Å²) >= 11 is 0. The molecule has 3 aromatic rings. The van der Waals surface area contributed by atoms with Crippen molar-refractivity contribution in [3.05, 3.63) is 42.2 Å². The van der Waals surface area contributed by atoms with E-state index in [9.17, 15) is 0 Å². The molecule has 0 aliphatic rings. The Labute approximate surface area is 136 Å². The molecule has 0 radical (unpaired) electrons. The highest BCUT2D eigenvalue weighted by Crippen LogP contribution is 2.24. The molecule has 0 fully saturated rings. The Morgan fingerprint density at radius 3 is 2.70 bits per heavy atom. The first-order valence-corrected chi connectivity index (χ1v) is 7.93. The predicted octanol–water partition coefficient (Wildman–Crippen LogP) is 3.36. The third-order valence-electron chi connectivity index (χ3n) is 3.75. The Morgan fingerprint density at radius 1 is 1.17 bits per heavy atom. The molecular weight excluding hydrogens is 288 g/mol. The van der Waals surface area contributed by atoms with Gasteiger partial charge in [0.2, 0.25) is 5.95 Å². The molecule has 0 saturated carbocycles. The van der Waals surface area contributed by atoms with Gasteiger partial charge >= 0.3 is 0 Å². The van der Waals surface area contributed by atoms with Crippen LogP contribution in [0.4, 0.5) is 11.8 Å². The maximum Gasteiger partial charge on any atom is 0.226 e. The van der Waals surface area contributed by atoms with E-state index in [0.717, 1.165) is 29.9 Å². The molecule has 0 aliphatic carbocycles. The lowest BCUT2D eigenvalue weighted by molar-refractivity contribution is 0.872. The van der Waals surface area contributed by atoms with Gasteiger partial charge in [-0.25, -0.2) is 4.98 Å². The van der Waals surface area contributed by atoms with Gasteiger partial charge in [-0.1, -0.05) is 37.3 Å². The van der Waals surface area contributed by atoms with Crippen LogP contribution in [0.1, 0.15) is 31.9 Å². The lowest BCUT2D eigenvalue weighted by Gasteiger charge is -2.16. The highest BCUT2D eigenvalue weighted by Gasteiger charge is 2.14. The lowest BCUT2D eigenvalue weighted by atomic mass is 10.1. The summed E-state index contributed by atoms with van der Waals surface area (Å²) in [6, 6.07) is 10.4. The molecule has 0 amide bonds. The summed E-state index contributed by atoms with van der Waals surface area (Å²) < 4.78 is 1.91. The van der Waals surface area contributed by atoms with Crippen molar-refractivity contribution in [3.8, 4) is 0 Å². The zero-order valence-electron chi connectivity index (χ0n) is 13.7. The second kappa shape index (κ2) is 6.64. The van der Waals surface area contributed by atoms with E-state index < -0.39 is 0 Å². The number of hydrogen-bond acceptors (Lipinski definition) is 5. The maximum atomic E-state index is 4.61. The quantitative estimate of drug-likeness (QED) is 0.731. The highest BCUT2D eigenvalue weighted by atomic mass is 15.2. The minimum absolute atomic E-state index is 0.135. The van der Waals surface area contributed by atoms with Crippen LogP contribution in [0.25, 0.3) is 11.2 Å². The smallest absolute Gasteiger partial charge is 0.226 e. The number of benzene rings is 1. The van der Waals surface area contributed by atoms with Crippen molar-refractivity contribution >= 4 is 22.9 Å². The van der Waals surface area contributed by atoms with Gasteiger partial charge in [0.05, 0.1) is 12.4 Å². The Balaban J connectivity index is 1.95. The van der Waals surface area contributed by atoms with E-state index in [1.807, 2.05) is 29.8 Å². The van der Waals surface area contributed by atoms with Gasteiger partial charge in [-0.05, 0) is 18.9 Å². The predicted molar refractivity (Wildman–Crippen MR) is 93.6 cm³/mol. The van der Waals surface area contributed by atoms with Crippen LogP contribution >= 0.6 is 0 Å². The SMILES string of the molecule is CCCNc1nc(NC(C)c2ccccc2)c2ncn(C)c2n1. The van der Waals surface area contributed by atoms with Crippen LogP contribution in [0, 0.1) is 0 Å². The molecule has 0 bridgehead atoms. The number of nitrogens with one attached hydrogen (secondary N) is 2. The molecule has 6 heteroatoms. The molecule has 6 nitrogen and oxygen atoms in total. The minimum atomic E-state index is 0.135. The fourth-order valence-electron chi connectivity index (χ4n) is 2.45. The molecule has 3 rings (SSSR count). The summed E-state index contributed by atoms with van der Waals surface area (Å²) in [5.41, 5.74) is 2.82. The van der Waals surface area contributed by atoms with Crippen LogP contribution in [0.3, 0.4) is 0 Å². The monoisotopic (exact) mass is 310 g/mol. The molecule has 1 atom stereocenters. The summed E-state index contributed by atoms with van der Waals surface area (Å²) in [5, 5.41) is 6.72. The lowest BCUT2D eigenvalue weighted by Crippen LogP contribution is -2.11. The van der Waals surface area contributed by atoms with Gasteiger partial charge < -0.3 is 15.2 Å². The zero-order valence-corrected chi connectivity index (χ0v) is 13.7. The molecule has 1 unspecified atom stereocenters. The molecule has 0 spiro atoms. The Kier molecular flexibility index (Phi) is 4.41. The highest BCUT2D eigenvalue weighted by molar-refractivity contribution is 5.84. The van der Waals surface area contributed by atoms with Crippen molar-refractivity contribution in [1.29, 1.82) is 0 Å². The number of anilines is 2. The second-order valence-corrected chi connectivity index (χ2v) is 5.63. The standard InChI is InChI=1S/C17H22N6/c1-4-10-18-17-21-15(14-16(22-17)23(3)11-19-14)20-12(2)13-8-6-5-7-9-13/h5-9,11-12H,4,10H2,1-3H3,(H2,18,20,21,22). The first-order chi connectivity index (χ1) is 11.2. The number of nitrogens with zero attached hydrogens (tertiary/aromatic N) is 4. The molecule has 2 N–H and O–H groups in total. The maximum absolute atomic E-state index is 4.61. The largest absolute Gasteiger partial charge is 0.362 e. The molecule has 23 heavy (non-hydrogen) atoms. The van der Waals surface area contributed by atoms with Gasteiger partial charge in [0, 0.05) is 13.6 Å². The van der Waals surface area contributed by atoms with E-state index in [1.54, 1.807) is 6.33 Å². The van der Waals surface area contributed by atoms with E-state index in [2.05, 4.69) is 51.6 Å². The van der Waals surface area contributed by atoms with Crippen molar-refractivity contribution < 1.29 is 0 Å². The summed E-state index contributed by atoms with van der Waals surface area (Å²) in [6.07, 6.45) is 2.79. The summed E-state index contributed by atoms with van der Waals surface area (Å²) in [4.78, 5) is 13.6. The molecule has 0 saturated heterocycles. The first-order valence-electron chi connectivity index (χ1n) is 7.93. The average Bonchev–Trinajstić information content (AvgIpc) is 2.95. The molecular formula is C17H22N6. The number of hydrogen-bond donors (Lipinski definition) is 2. The number of rotatable bonds is 6. The number of aromatic nitrogens is 4. The van der Waals surface area contributed by atoms with Crippen molar-refractivity contribution in [3.63, 3.8) is 0 Å². The average molecular weight is 310 g/mol. The third-order valence-corrected chi connectivity index (χ3v) is 3.75. The first kappa shape index (κ1) is 15.3. The topological polar surface area (TPSA) is 67.7 Å². The van der Waals surface area contributed by atoms with Gasteiger partial charge in [0.25, 0.3) is 0 Å². The van der Waals surface area contributed by atoms with Crippen LogP contribution in [-0.2, 0) is 7.05 Å². The van der Waals surface area contributed by atoms with Crippen LogP contribution in [0.5, 0.6) is 0 Å². The number of aryl methyl sites for hydroxylation is 1. The van der Waals surface area contributed by atoms with E-state index in [1.165, 1.54) is 5.56 Å². The molecule has 2 aromatic heterocycles. The van der Waals surface area contributed by atoms with Gasteiger partial charge in [0.1, 0.15) is 0 Å². The van der Waals surface area contributed by atoms with Gasteiger partial charge in [-0.15, -0.1) is 0 Å². The van der Waals surface area contributed by atoms with Crippen LogP contribution in [0.15, 0.2) is 36.7 Å². The van der Waals surface area contributed by atoms with Gasteiger partial charge in [-0.3, -0.25) is 0 Å². The fraction of sp³-hybridized carbons (Fsp3) is 0.353. The Hall–Kier alpha value is -2.63. The Morgan fingerprint density at radius 2 is 1.96 bits per heavy atom. The van der Waals surface area contributed by atoms with E-state index in [-0.39, 0.29) is 6.04 Å². The summed E-state index contributed by atoms with van der Waals surface area (Å²) in [7, 11) is 1.94. The number of fused-ring (bicyclic) bond motifs is 1. The normalized spacial score (nSPS) is 12.3. The van der Waals surface area contributed by atoms with Gasteiger partial charge in [-0.2, -0.15) is 9.97 Å². The van der Waals surface area contributed by atoms with E-state index in [0.29, 0.717) is 5.95 Å². The van der Waals surface area contributed by atoms with Crippen LogP contribution < -0.4 is 10.6 Å². The van der Waals surface area contributed by atoms with Crippen molar-refractivity contribution in [1.82, 2.24) is 19.5 Å². The number of imidazole rings is 1. The van der Waals surface area contributed by atoms with Crippen LogP contribution in [-0.4, -0.2) is 26.1 Å². The zero-order chi connectivity index (χ0) is 16.2. The van der Waals surface area contributed by atoms with Crippen LogP contribution in [0.2, 0.25) is 0 Å². The van der Waals surface area contributed by atoms with Crippen molar-refractivity contribution in [2.24, 2.45) is 7.05 Å². The second-order valence-electron chi connectivity index (χ2n) is 5.63. The molecule has 2 heterocycles. The summed E-state index contributed by atoms with van der Waals surface area (Å²) in [5.74, 6) is 1.39. The third kappa shape index (κ3) is 3.26. The van der Waals surface area contributed by atoms with E-state index >= 15 is 0 Å². The van der Waals surface area contributed by atoms with E-state index in [4.69, 9.17) is 0 Å². The molecule has 0 aliphatic heterocycles. The van der Waals surface area contributed by atoms with Crippen molar-refractivity contribution in [2.45, 2.75) is 26.3 Å². The molecule has 1 aromatic carbocycles. The minimum Gasteiger partial charge on any atom is -0.362 e.